The van der Waals surface area contributed by atoms with Gasteiger partial charge in [0, 0.05) is 24.8 Å². The number of sulfonamides is 1. The number of halogens is 1. The molecule has 0 spiro atoms. The van der Waals surface area contributed by atoms with Crippen LogP contribution in [0.15, 0.2) is 46.5 Å². The van der Waals surface area contributed by atoms with Crippen LogP contribution in [-0.4, -0.2) is 41.6 Å². The fraction of sp³-hybridized carbons (Fsp3) is 0.294. The van der Waals surface area contributed by atoms with E-state index in [9.17, 15) is 17.9 Å². The van der Waals surface area contributed by atoms with Crippen LogP contribution in [0.4, 0.5) is 10.2 Å². The van der Waals surface area contributed by atoms with Gasteiger partial charge in [-0.2, -0.15) is 9.41 Å². The molecular formula is C17H21FN4O3S. The number of hydrogen-bond donors (Lipinski definition) is 2. The fourth-order valence-corrected chi connectivity index (χ4v) is 3.71. The number of hydrogen-bond acceptors (Lipinski definition) is 6. The third-order valence-electron chi connectivity index (χ3n) is 3.77. The first-order chi connectivity index (χ1) is 12.3. The minimum Gasteiger partial charge on any atom is -0.507 e. The average Bonchev–Trinajstić information content (AvgIpc) is 2.63. The highest BCUT2D eigenvalue weighted by Gasteiger charge is 2.21. The van der Waals surface area contributed by atoms with Crippen LogP contribution in [0.3, 0.4) is 0 Å². The van der Waals surface area contributed by atoms with Gasteiger partial charge in [0.1, 0.15) is 22.3 Å². The largest absolute Gasteiger partial charge is 0.507 e. The molecule has 0 aliphatic carbocycles. The summed E-state index contributed by atoms with van der Waals surface area (Å²) < 4.78 is 39.4. The molecule has 0 saturated heterocycles. The van der Waals surface area contributed by atoms with E-state index in [-0.39, 0.29) is 16.2 Å². The molecule has 0 aliphatic heterocycles. The Hall–Kier alpha value is -2.52. The van der Waals surface area contributed by atoms with Gasteiger partial charge in [-0.1, -0.05) is 13.8 Å². The second-order valence-electron chi connectivity index (χ2n) is 5.44. The molecule has 140 valence electrons. The van der Waals surface area contributed by atoms with Crippen molar-refractivity contribution in [3.8, 4) is 5.75 Å². The SMILES string of the molecule is CCN(CC)S(=O)(=O)c1ccc(N/N=C(\C)c2cc(F)ccc2O)nc1. The minimum atomic E-state index is -3.57. The van der Waals surface area contributed by atoms with Crippen LogP contribution in [0.2, 0.25) is 0 Å². The highest BCUT2D eigenvalue weighted by molar-refractivity contribution is 7.89. The average molecular weight is 380 g/mol. The summed E-state index contributed by atoms with van der Waals surface area (Å²) in [5, 5.41) is 13.8. The lowest BCUT2D eigenvalue weighted by molar-refractivity contribution is 0.445. The van der Waals surface area contributed by atoms with Gasteiger partial charge in [0.25, 0.3) is 0 Å². The van der Waals surface area contributed by atoms with Crippen LogP contribution in [0.1, 0.15) is 26.3 Å². The zero-order chi connectivity index (χ0) is 19.3. The minimum absolute atomic E-state index is 0.0928. The number of pyridine rings is 1. The maximum atomic E-state index is 13.3. The molecule has 0 unspecified atom stereocenters. The van der Waals surface area contributed by atoms with Crippen molar-refractivity contribution in [1.82, 2.24) is 9.29 Å². The molecule has 1 heterocycles. The van der Waals surface area contributed by atoms with Crippen LogP contribution < -0.4 is 5.43 Å². The number of nitrogens with one attached hydrogen (secondary N) is 1. The molecule has 0 saturated carbocycles. The molecule has 0 atom stereocenters. The Morgan fingerprint density at radius 1 is 1.27 bits per heavy atom. The Kier molecular flexibility index (Phi) is 6.27. The normalized spacial score (nSPS) is 12.4. The predicted octanol–water partition coefficient (Wildman–Crippen LogP) is 2.79. The number of aromatic nitrogens is 1. The summed E-state index contributed by atoms with van der Waals surface area (Å²) in [5.41, 5.74) is 3.26. The quantitative estimate of drug-likeness (QED) is 0.569. The standard InChI is InChI=1S/C17H21FN4O3S/c1-4-22(5-2)26(24,25)14-7-9-17(19-11-14)21-20-12(3)15-10-13(18)6-8-16(15)23/h6-11,23H,4-5H2,1-3H3,(H,19,21)/b20-12+. The highest BCUT2D eigenvalue weighted by atomic mass is 32.2. The summed E-state index contributed by atoms with van der Waals surface area (Å²) in [6.45, 7) is 5.88. The third-order valence-corrected chi connectivity index (χ3v) is 5.80. The molecular weight excluding hydrogens is 359 g/mol. The summed E-state index contributed by atoms with van der Waals surface area (Å²) in [6.07, 6.45) is 1.25. The molecule has 1 aromatic heterocycles. The molecule has 0 amide bonds. The van der Waals surface area contributed by atoms with Crippen LogP contribution >= 0.6 is 0 Å². The van der Waals surface area contributed by atoms with Crippen LogP contribution in [0.25, 0.3) is 0 Å². The second-order valence-corrected chi connectivity index (χ2v) is 7.38. The number of aromatic hydroxyl groups is 1. The molecule has 7 nitrogen and oxygen atoms in total. The molecule has 0 radical (unpaired) electrons. The van der Waals surface area contributed by atoms with E-state index in [2.05, 4.69) is 15.5 Å². The third kappa shape index (κ3) is 4.36. The van der Waals surface area contributed by atoms with E-state index in [1.807, 2.05) is 0 Å². The number of benzene rings is 1. The van der Waals surface area contributed by atoms with E-state index in [0.29, 0.717) is 24.6 Å². The smallest absolute Gasteiger partial charge is 0.244 e. The maximum Gasteiger partial charge on any atom is 0.244 e. The Bertz CT molecular complexity index is 895. The van der Waals surface area contributed by atoms with Crippen molar-refractivity contribution >= 4 is 21.6 Å². The van der Waals surface area contributed by atoms with Gasteiger partial charge in [-0.05, 0) is 37.3 Å². The topological polar surface area (TPSA) is 94.9 Å². The number of anilines is 1. The Labute approximate surface area is 152 Å². The van der Waals surface area contributed by atoms with E-state index >= 15 is 0 Å². The first-order valence-corrected chi connectivity index (χ1v) is 9.49. The Morgan fingerprint density at radius 3 is 2.54 bits per heavy atom. The first-order valence-electron chi connectivity index (χ1n) is 8.05. The zero-order valence-electron chi connectivity index (χ0n) is 14.8. The molecule has 2 N–H and O–H groups in total. The van der Waals surface area contributed by atoms with Crippen molar-refractivity contribution in [2.24, 2.45) is 5.10 Å². The van der Waals surface area contributed by atoms with E-state index in [1.54, 1.807) is 20.8 Å². The number of hydrazone groups is 1. The first kappa shape index (κ1) is 19.8. The van der Waals surface area contributed by atoms with Crippen LogP contribution in [0, 0.1) is 5.82 Å². The summed E-state index contributed by atoms with van der Waals surface area (Å²) in [5.74, 6) is -0.266. The van der Waals surface area contributed by atoms with Gasteiger partial charge in [-0.25, -0.2) is 17.8 Å². The van der Waals surface area contributed by atoms with Crippen LogP contribution in [-0.2, 0) is 10.0 Å². The summed E-state index contributed by atoms with van der Waals surface area (Å²) in [7, 11) is -3.57. The number of rotatable bonds is 7. The molecule has 9 heteroatoms. The lowest BCUT2D eigenvalue weighted by Crippen LogP contribution is -2.30. The lowest BCUT2D eigenvalue weighted by atomic mass is 10.1. The summed E-state index contributed by atoms with van der Waals surface area (Å²) in [6, 6.07) is 6.49. The number of phenolic OH excluding ortho intramolecular Hbond substituents is 1. The van der Waals surface area contributed by atoms with Crippen molar-refractivity contribution < 1.29 is 17.9 Å². The number of phenols is 1. The van der Waals surface area contributed by atoms with Gasteiger partial charge >= 0.3 is 0 Å². The van der Waals surface area contributed by atoms with E-state index < -0.39 is 15.8 Å². The van der Waals surface area contributed by atoms with E-state index in [1.165, 1.54) is 34.8 Å². The number of nitrogens with zero attached hydrogens (tertiary/aromatic N) is 3. The van der Waals surface area contributed by atoms with Crippen molar-refractivity contribution in [1.29, 1.82) is 0 Å². The molecule has 2 rings (SSSR count). The zero-order valence-corrected chi connectivity index (χ0v) is 15.6. The molecule has 2 aromatic rings. The van der Waals surface area contributed by atoms with Gasteiger partial charge in [-0.15, -0.1) is 0 Å². The molecule has 0 fully saturated rings. The van der Waals surface area contributed by atoms with E-state index in [0.717, 1.165) is 6.07 Å². The van der Waals surface area contributed by atoms with Crippen molar-refractivity contribution in [2.75, 3.05) is 18.5 Å². The molecule has 1 aromatic carbocycles. The Balaban J connectivity index is 2.18. The molecule has 0 bridgehead atoms. The van der Waals surface area contributed by atoms with Gasteiger partial charge < -0.3 is 5.11 Å². The molecule has 0 aliphatic rings. The van der Waals surface area contributed by atoms with Gasteiger partial charge in [0.15, 0.2) is 0 Å². The fourth-order valence-electron chi connectivity index (χ4n) is 2.31. The van der Waals surface area contributed by atoms with Gasteiger partial charge in [-0.3, -0.25) is 5.43 Å². The predicted molar refractivity (Wildman–Crippen MR) is 98.2 cm³/mol. The monoisotopic (exact) mass is 380 g/mol. The second kappa shape index (κ2) is 8.24. The maximum absolute atomic E-state index is 13.3. The Morgan fingerprint density at radius 2 is 1.96 bits per heavy atom. The lowest BCUT2D eigenvalue weighted by Gasteiger charge is -2.18. The van der Waals surface area contributed by atoms with Crippen LogP contribution in [0.5, 0.6) is 5.75 Å². The van der Waals surface area contributed by atoms with Gasteiger partial charge in [0.05, 0.1) is 5.71 Å². The van der Waals surface area contributed by atoms with Crippen molar-refractivity contribution in [3.63, 3.8) is 0 Å². The van der Waals surface area contributed by atoms with Gasteiger partial charge in [0.2, 0.25) is 10.0 Å². The van der Waals surface area contributed by atoms with Crippen molar-refractivity contribution in [3.05, 3.63) is 47.9 Å². The van der Waals surface area contributed by atoms with E-state index in [4.69, 9.17) is 0 Å². The molecule has 26 heavy (non-hydrogen) atoms. The highest BCUT2D eigenvalue weighted by Crippen LogP contribution is 2.19. The summed E-state index contributed by atoms with van der Waals surface area (Å²) >= 11 is 0. The summed E-state index contributed by atoms with van der Waals surface area (Å²) in [4.78, 5) is 4.13. The van der Waals surface area contributed by atoms with Crippen molar-refractivity contribution in [2.45, 2.75) is 25.7 Å².